The molecule has 0 heterocycles. The molecule has 0 saturated carbocycles. The van der Waals surface area contributed by atoms with E-state index in [4.69, 9.17) is 4.74 Å². The van der Waals surface area contributed by atoms with Crippen LogP contribution in [0.2, 0.25) is 0 Å². The van der Waals surface area contributed by atoms with Crippen LogP contribution in [-0.2, 0) is 23.0 Å². The predicted octanol–water partition coefficient (Wildman–Crippen LogP) is 4.64. The van der Waals surface area contributed by atoms with Gasteiger partial charge in [-0.1, -0.05) is 37.3 Å². The topological polar surface area (TPSA) is 75.7 Å². The number of anilines is 1. The molecule has 1 amide bonds. The van der Waals surface area contributed by atoms with Crippen molar-refractivity contribution in [3.05, 3.63) is 94.5 Å². The van der Waals surface area contributed by atoms with Crippen LogP contribution in [-0.4, -0.2) is 33.7 Å². The maximum Gasteiger partial charge on any atom is 0.251 e. The molecule has 1 N–H and O–H groups in total. The Balaban J connectivity index is 1.57. The first-order valence-electron chi connectivity index (χ1n) is 11.3. The summed E-state index contributed by atoms with van der Waals surface area (Å²) in [5, 5.41) is 2.84. The molecule has 0 aliphatic heterocycles. The molecule has 0 spiro atoms. The Kier molecular flexibility index (Phi) is 8.34. The number of hydrogen-bond donors (Lipinski definition) is 1. The van der Waals surface area contributed by atoms with E-state index in [1.807, 2.05) is 56.3 Å². The summed E-state index contributed by atoms with van der Waals surface area (Å²) in [6, 6.07) is 20.6. The molecule has 0 saturated heterocycles. The Morgan fingerprint density at radius 1 is 0.912 bits per heavy atom. The fraction of sp³-hybridized carbons (Fsp3) is 0.296. The minimum atomic E-state index is -3.48. The number of aryl methyl sites for hydroxylation is 3. The molecule has 3 rings (SSSR count). The molecular formula is C27H32N2O4S. The van der Waals surface area contributed by atoms with E-state index in [2.05, 4.69) is 12.2 Å². The Bertz CT molecular complexity index is 1200. The molecule has 0 aliphatic rings. The second-order valence-electron chi connectivity index (χ2n) is 8.41. The Morgan fingerprint density at radius 3 is 2.06 bits per heavy atom. The second-order valence-corrected chi connectivity index (χ2v) is 10.3. The van der Waals surface area contributed by atoms with Crippen molar-refractivity contribution in [1.82, 2.24) is 5.32 Å². The normalized spacial score (nSPS) is 11.2. The lowest BCUT2D eigenvalue weighted by Crippen LogP contribution is -2.30. The number of hydrogen-bond acceptors (Lipinski definition) is 4. The molecule has 6 nitrogen and oxygen atoms in total. The van der Waals surface area contributed by atoms with Gasteiger partial charge in [-0.15, -0.1) is 0 Å². The molecule has 0 unspecified atom stereocenters. The highest BCUT2D eigenvalue weighted by atomic mass is 32.2. The summed E-state index contributed by atoms with van der Waals surface area (Å²) < 4.78 is 32.0. The van der Waals surface area contributed by atoms with Crippen LogP contribution in [0.25, 0.3) is 0 Å². The van der Waals surface area contributed by atoms with Gasteiger partial charge in [0.2, 0.25) is 10.0 Å². The number of carbonyl (C=O) groups excluding carboxylic acids is 1. The first-order valence-corrected chi connectivity index (χ1v) is 13.2. The monoisotopic (exact) mass is 480 g/mol. The van der Waals surface area contributed by atoms with E-state index < -0.39 is 10.0 Å². The molecule has 0 fully saturated rings. The van der Waals surface area contributed by atoms with Crippen LogP contribution >= 0.6 is 0 Å². The van der Waals surface area contributed by atoms with Crippen LogP contribution < -0.4 is 14.4 Å². The molecule has 180 valence electrons. The van der Waals surface area contributed by atoms with Crippen molar-refractivity contribution in [2.45, 2.75) is 33.7 Å². The molecule has 3 aromatic carbocycles. The Morgan fingerprint density at radius 2 is 1.50 bits per heavy atom. The van der Waals surface area contributed by atoms with Crippen molar-refractivity contribution in [2.24, 2.45) is 0 Å². The van der Waals surface area contributed by atoms with E-state index in [9.17, 15) is 13.2 Å². The van der Waals surface area contributed by atoms with E-state index in [0.717, 1.165) is 28.9 Å². The summed E-state index contributed by atoms with van der Waals surface area (Å²) in [4.78, 5) is 12.5. The van der Waals surface area contributed by atoms with Gasteiger partial charge in [0.25, 0.3) is 5.91 Å². The van der Waals surface area contributed by atoms with Crippen molar-refractivity contribution >= 4 is 21.6 Å². The molecule has 0 aliphatic carbocycles. The van der Waals surface area contributed by atoms with E-state index in [1.165, 1.54) is 16.1 Å². The number of rotatable bonds is 10. The lowest BCUT2D eigenvalue weighted by atomic mass is 10.1. The number of nitrogens with one attached hydrogen (secondary N) is 1. The molecule has 0 bridgehead atoms. The standard InChI is InChI=1S/C27H32N2O4S/c1-5-22-8-12-26(13-9-22)33-15-14-28-27(30)24-10-6-23(7-11-24)19-29(34(4,31)32)25-17-20(2)16-21(3)18-25/h6-13,16-18H,5,14-15,19H2,1-4H3,(H,28,30). The highest BCUT2D eigenvalue weighted by Gasteiger charge is 2.19. The van der Waals surface area contributed by atoms with Crippen LogP contribution in [0.5, 0.6) is 5.75 Å². The van der Waals surface area contributed by atoms with Crippen molar-refractivity contribution in [1.29, 1.82) is 0 Å². The van der Waals surface area contributed by atoms with Crippen LogP contribution in [0.3, 0.4) is 0 Å². The number of sulfonamides is 1. The van der Waals surface area contributed by atoms with Crippen LogP contribution in [0.4, 0.5) is 5.69 Å². The molecule has 0 aromatic heterocycles. The minimum absolute atomic E-state index is 0.189. The zero-order valence-electron chi connectivity index (χ0n) is 20.2. The van der Waals surface area contributed by atoms with Crippen LogP contribution in [0.1, 0.15) is 39.5 Å². The Hall–Kier alpha value is -3.32. The van der Waals surface area contributed by atoms with Gasteiger partial charge >= 0.3 is 0 Å². The van der Waals surface area contributed by atoms with Crippen molar-refractivity contribution in [2.75, 3.05) is 23.7 Å². The number of benzene rings is 3. The van der Waals surface area contributed by atoms with Gasteiger partial charge in [-0.3, -0.25) is 9.10 Å². The summed E-state index contributed by atoms with van der Waals surface area (Å²) in [5.41, 5.74) is 5.17. The van der Waals surface area contributed by atoms with E-state index in [-0.39, 0.29) is 12.5 Å². The molecular weight excluding hydrogens is 448 g/mol. The van der Waals surface area contributed by atoms with Gasteiger partial charge in [0.1, 0.15) is 12.4 Å². The van der Waals surface area contributed by atoms with Crippen molar-refractivity contribution < 1.29 is 17.9 Å². The van der Waals surface area contributed by atoms with Gasteiger partial charge in [0.05, 0.1) is 25.0 Å². The van der Waals surface area contributed by atoms with Crippen molar-refractivity contribution in [3.63, 3.8) is 0 Å². The quantitative estimate of drug-likeness (QED) is 0.429. The number of carbonyl (C=O) groups is 1. The maximum atomic E-state index is 12.5. The van der Waals surface area contributed by atoms with Gasteiger partial charge in [-0.2, -0.15) is 0 Å². The van der Waals surface area contributed by atoms with Gasteiger partial charge in [-0.05, 0) is 78.9 Å². The second kappa shape index (κ2) is 11.2. The Labute approximate surface area is 202 Å². The summed E-state index contributed by atoms with van der Waals surface area (Å²) >= 11 is 0. The number of nitrogens with zero attached hydrogens (tertiary/aromatic N) is 1. The highest BCUT2D eigenvalue weighted by molar-refractivity contribution is 7.92. The first-order chi connectivity index (χ1) is 16.2. The third kappa shape index (κ3) is 7.09. The minimum Gasteiger partial charge on any atom is -0.492 e. The van der Waals surface area contributed by atoms with Gasteiger partial charge in [0, 0.05) is 5.56 Å². The average molecular weight is 481 g/mol. The maximum absolute atomic E-state index is 12.5. The van der Waals surface area contributed by atoms with Gasteiger partial charge in [0.15, 0.2) is 0 Å². The van der Waals surface area contributed by atoms with Gasteiger partial charge in [-0.25, -0.2) is 8.42 Å². The molecule has 7 heteroatoms. The highest BCUT2D eigenvalue weighted by Crippen LogP contribution is 2.23. The number of ether oxygens (including phenoxy) is 1. The molecule has 0 atom stereocenters. The zero-order chi connectivity index (χ0) is 24.7. The molecule has 0 radical (unpaired) electrons. The summed E-state index contributed by atoms with van der Waals surface area (Å²) in [7, 11) is -3.48. The third-order valence-electron chi connectivity index (χ3n) is 5.43. The summed E-state index contributed by atoms with van der Waals surface area (Å²) in [6.45, 7) is 6.92. The van der Waals surface area contributed by atoms with Gasteiger partial charge < -0.3 is 10.1 Å². The lowest BCUT2D eigenvalue weighted by Gasteiger charge is -2.23. The summed E-state index contributed by atoms with van der Waals surface area (Å²) in [6.07, 6.45) is 2.18. The lowest BCUT2D eigenvalue weighted by molar-refractivity contribution is 0.0947. The molecule has 3 aromatic rings. The summed E-state index contributed by atoms with van der Waals surface area (Å²) in [5.74, 6) is 0.570. The SMILES string of the molecule is CCc1ccc(OCCNC(=O)c2ccc(CN(c3cc(C)cc(C)c3)S(C)(=O)=O)cc2)cc1. The van der Waals surface area contributed by atoms with E-state index in [1.54, 1.807) is 24.3 Å². The average Bonchev–Trinajstić information content (AvgIpc) is 2.79. The smallest absolute Gasteiger partial charge is 0.251 e. The first kappa shape index (κ1) is 25.3. The zero-order valence-corrected chi connectivity index (χ0v) is 21.0. The third-order valence-corrected chi connectivity index (χ3v) is 6.57. The van der Waals surface area contributed by atoms with Crippen molar-refractivity contribution in [3.8, 4) is 5.75 Å². The van der Waals surface area contributed by atoms with E-state index in [0.29, 0.717) is 24.4 Å². The van der Waals surface area contributed by atoms with E-state index >= 15 is 0 Å². The van der Waals surface area contributed by atoms with Crippen LogP contribution in [0.15, 0.2) is 66.7 Å². The fourth-order valence-corrected chi connectivity index (χ4v) is 4.55. The predicted molar refractivity (Wildman–Crippen MR) is 137 cm³/mol. The fourth-order valence-electron chi connectivity index (χ4n) is 3.68. The largest absolute Gasteiger partial charge is 0.492 e. The van der Waals surface area contributed by atoms with Crippen LogP contribution in [0, 0.1) is 13.8 Å². The number of amides is 1. The molecule has 34 heavy (non-hydrogen) atoms.